The highest BCUT2D eigenvalue weighted by molar-refractivity contribution is 6.36. The Kier molecular flexibility index (Phi) is 8.26. The van der Waals surface area contributed by atoms with Crippen molar-refractivity contribution < 1.29 is 23.5 Å². The molecule has 1 aromatic heterocycles. The maximum absolute atomic E-state index is 14.6. The van der Waals surface area contributed by atoms with Gasteiger partial charge < -0.3 is 14.5 Å². The zero-order valence-corrected chi connectivity index (χ0v) is 23.4. The zero-order chi connectivity index (χ0) is 29.1. The number of benzene rings is 4. The Labute approximate surface area is 248 Å². The molecule has 0 bridgehead atoms. The molecule has 4 aromatic carbocycles. The van der Waals surface area contributed by atoms with Crippen molar-refractivity contribution in [2.24, 2.45) is 5.10 Å². The number of nitrogens with one attached hydrogen (secondary N) is 2. The van der Waals surface area contributed by atoms with Crippen LogP contribution in [-0.4, -0.2) is 30.2 Å². The summed E-state index contributed by atoms with van der Waals surface area (Å²) in [5.41, 5.74) is 4.40. The third-order valence-electron chi connectivity index (χ3n) is 6.07. The molecule has 0 aliphatic rings. The van der Waals surface area contributed by atoms with Crippen LogP contribution in [0.25, 0.3) is 22.0 Å². The van der Waals surface area contributed by atoms with Gasteiger partial charge in [0, 0.05) is 26.6 Å². The molecule has 5 rings (SSSR count). The number of aromatic nitrogens is 1. The van der Waals surface area contributed by atoms with E-state index in [0.29, 0.717) is 32.1 Å². The molecule has 206 valence electrons. The van der Waals surface area contributed by atoms with E-state index < -0.39 is 17.7 Å². The van der Waals surface area contributed by atoms with Gasteiger partial charge in [-0.05, 0) is 54.1 Å². The smallest absolute Gasteiger partial charge is 0.345 e. The van der Waals surface area contributed by atoms with Crippen LogP contribution < -0.4 is 14.9 Å². The summed E-state index contributed by atoms with van der Waals surface area (Å²) >= 11 is 18.4. The predicted molar refractivity (Wildman–Crippen MR) is 158 cm³/mol. The average Bonchev–Trinajstić information content (AvgIpc) is 3.34. The lowest BCUT2D eigenvalue weighted by molar-refractivity contribution is 0.0729. The van der Waals surface area contributed by atoms with Crippen molar-refractivity contribution in [1.82, 2.24) is 10.4 Å². The molecule has 0 radical (unpaired) electrons. The summed E-state index contributed by atoms with van der Waals surface area (Å²) < 4.78 is 25.4. The number of methoxy groups -OCH3 is 1. The maximum atomic E-state index is 14.6. The van der Waals surface area contributed by atoms with Gasteiger partial charge in [-0.1, -0.05) is 65.1 Å². The third-order valence-corrected chi connectivity index (χ3v) is 6.95. The molecular weight excluding hydrogens is 592 g/mol. The van der Waals surface area contributed by atoms with E-state index in [9.17, 15) is 14.0 Å². The zero-order valence-electron chi connectivity index (χ0n) is 21.2. The first-order valence-electron chi connectivity index (χ1n) is 12.0. The van der Waals surface area contributed by atoms with Crippen molar-refractivity contribution in [3.8, 4) is 22.6 Å². The standard InChI is InChI=1S/C30H19Cl3FN3O4/c1-40-25-13-16(9-12-24(25)41-30(39)19-11-10-17(31)14-22(19)33)15-35-37-29(38)28-26(18-5-2-3-7-21(18)32)20-6-4-8-23(34)27(20)36-28/h2-15,36H,1H3,(H,37,38). The molecule has 41 heavy (non-hydrogen) atoms. The first kappa shape index (κ1) is 28.2. The molecule has 0 aliphatic carbocycles. The lowest BCUT2D eigenvalue weighted by atomic mass is 10.0. The number of ether oxygens (including phenoxy) is 2. The van der Waals surface area contributed by atoms with Gasteiger partial charge in [0.2, 0.25) is 0 Å². The van der Waals surface area contributed by atoms with Gasteiger partial charge in [-0.15, -0.1) is 0 Å². The van der Waals surface area contributed by atoms with Gasteiger partial charge in [-0.3, -0.25) is 4.79 Å². The number of halogens is 4. The summed E-state index contributed by atoms with van der Waals surface area (Å²) in [6.45, 7) is 0. The van der Waals surface area contributed by atoms with E-state index >= 15 is 0 Å². The summed E-state index contributed by atoms with van der Waals surface area (Å²) in [6.07, 6.45) is 1.38. The average molecular weight is 611 g/mol. The Hall–Kier alpha value is -4.37. The Morgan fingerprint density at radius 3 is 2.49 bits per heavy atom. The van der Waals surface area contributed by atoms with E-state index in [1.165, 1.54) is 43.7 Å². The quantitative estimate of drug-likeness (QED) is 0.0847. The van der Waals surface area contributed by atoms with Crippen molar-refractivity contribution in [2.75, 3.05) is 7.11 Å². The summed E-state index contributed by atoms with van der Waals surface area (Å²) in [6, 6.07) is 20.6. The molecule has 1 amide bonds. The number of hydrogen-bond donors (Lipinski definition) is 2. The highest BCUT2D eigenvalue weighted by Crippen LogP contribution is 2.37. The second-order valence-electron chi connectivity index (χ2n) is 8.64. The van der Waals surface area contributed by atoms with Crippen molar-refractivity contribution in [3.05, 3.63) is 117 Å². The largest absolute Gasteiger partial charge is 0.493 e. The van der Waals surface area contributed by atoms with Crippen molar-refractivity contribution in [3.63, 3.8) is 0 Å². The van der Waals surface area contributed by atoms with E-state index in [2.05, 4.69) is 15.5 Å². The fraction of sp³-hybridized carbons (Fsp3) is 0.0333. The Morgan fingerprint density at radius 1 is 0.927 bits per heavy atom. The molecule has 0 saturated heterocycles. The van der Waals surface area contributed by atoms with Crippen LogP contribution in [-0.2, 0) is 0 Å². The molecule has 0 fully saturated rings. The van der Waals surface area contributed by atoms with Gasteiger partial charge >= 0.3 is 5.97 Å². The van der Waals surface area contributed by atoms with Gasteiger partial charge in [0.25, 0.3) is 5.91 Å². The number of aromatic amines is 1. The highest BCUT2D eigenvalue weighted by atomic mass is 35.5. The molecule has 1 heterocycles. The Morgan fingerprint density at radius 2 is 1.73 bits per heavy atom. The lowest BCUT2D eigenvalue weighted by Crippen LogP contribution is -2.19. The number of hydrazone groups is 1. The van der Waals surface area contributed by atoms with Crippen LogP contribution >= 0.6 is 34.8 Å². The van der Waals surface area contributed by atoms with Crippen molar-refractivity contribution >= 4 is 63.8 Å². The first-order chi connectivity index (χ1) is 19.8. The van der Waals surface area contributed by atoms with Crippen LogP contribution in [0.2, 0.25) is 15.1 Å². The van der Waals surface area contributed by atoms with Gasteiger partial charge in [-0.25, -0.2) is 14.6 Å². The molecule has 0 unspecified atom stereocenters. The molecule has 11 heteroatoms. The summed E-state index contributed by atoms with van der Waals surface area (Å²) in [5.74, 6) is -1.42. The number of H-pyrrole nitrogens is 1. The fourth-order valence-electron chi connectivity index (χ4n) is 4.18. The number of carbonyl (C=O) groups is 2. The number of para-hydroxylation sites is 1. The number of amides is 1. The van der Waals surface area contributed by atoms with Crippen molar-refractivity contribution in [2.45, 2.75) is 0 Å². The minimum absolute atomic E-state index is 0.0936. The van der Waals surface area contributed by atoms with Crippen LogP contribution in [0.5, 0.6) is 11.5 Å². The monoisotopic (exact) mass is 609 g/mol. The van der Waals surface area contributed by atoms with E-state index in [-0.39, 0.29) is 33.3 Å². The fourth-order valence-corrected chi connectivity index (χ4v) is 4.89. The number of carbonyl (C=O) groups excluding carboxylic acids is 2. The van der Waals surface area contributed by atoms with E-state index in [0.717, 1.165) is 0 Å². The summed E-state index contributed by atoms with van der Waals surface area (Å²) in [4.78, 5) is 28.7. The first-order valence-corrected chi connectivity index (χ1v) is 13.1. The Balaban J connectivity index is 1.37. The van der Waals surface area contributed by atoms with Crippen LogP contribution in [0, 0.1) is 5.82 Å². The summed E-state index contributed by atoms with van der Waals surface area (Å²) in [7, 11) is 1.41. The second kappa shape index (κ2) is 12.0. The van der Waals surface area contributed by atoms with E-state index in [1.54, 1.807) is 48.5 Å². The SMILES string of the molecule is COc1cc(C=NNC(=O)c2[nH]c3c(F)cccc3c2-c2ccccc2Cl)ccc1OC(=O)c1ccc(Cl)cc1Cl. The highest BCUT2D eigenvalue weighted by Gasteiger charge is 2.22. The normalized spacial score (nSPS) is 11.1. The minimum atomic E-state index is -0.692. The molecule has 2 N–H and O–H groups in total. The number of esters is 1. The van der Waals surface area contributed by atoms with Crippen molar-refractivity contribution in [1.29, 1.82) is 0 Å². The van der Waals surface area contributed by atoms with E-state index in [4.69, 9.17) is 44.3 Å². The topological polar surface area (TPSA) is 92.8 Å². The van der Waals surface area contributed by atoms with Crippen LogP contribution in [0.3, 0.4) is 0 Å². The van der Waals surface area contributed by atoms with Gasteiger partial charge in [0.05, 0.1) is 29.4 Å². The molecule has 0 atom stereocenters. The molecule has 5 aromatic rings. The Bertz CT molecular complexity index is 1840. The lowest BCUT2D eigenvalue weighted by Gasteiger charge is -2.10. The predicted octanol–water partition coefficient (Wildman–Crippen LogP) is 7.93. The molecule has 7 nitrogen and oxygen atoms in total. The van der Waals surface area contributed by atoms with Gasteiger partial charge in [-0.2, -0.15) is 5.10 Å². The summed E-state index contributed by atoms with van der Waals surface area (Å²) in [5, 5.41) is 5.48. The molecule has 0 spiro atoms. The molecule has 0 saturated carbocycles. The maximum Gasteiger partial charge on any atom is 0.345 e. The molecular formula is C30H19Cl3FN3O4. The third kappa shape index (κ3) is 5.90. The molecule has 0 aliphatic heterocycles. The van der Waals surface area contributed by atoms with Crippen LogP contribution in [0.4, 0.5) is 4.39 Å². The van der Waals surface area contributed by atoms with Gasteiger partial charge in [0.1, 0.15) is 11.5 Å². The second-order valence-corrected chi connectivity index (χ2v) is 9.89. The number of hydrogen-bond acceptors (Lipinski definition) is 5. The van der Waals surface area contributed by atoms with Crippen LogP contribution in [0.15, 0.2) is 84.0 Å². The van der Waals surface area contributed by atoms with Gasteiger partial charge in [0.15, 0.2) is 11.5 Å². The number of rotatable bonds is 7. The minimum Gasteiger partial charge on any atom is -0.493 e. The number of fused-ring (bicyclic) bond motifs is 1. The van der Waals surface area contributed by atoms with Crippen LogP contribution in [0.1, 0.15) is 26.4 Å². The number of nitrogens with zero attached hydrogens (tertiary/aromatic N) is 1. The van der Waals surface area contributed by atoms with E-state index in [1.807, 2.05) is 0 Å².